The summed E-state index contributed by atoms with van der Waals surface area (Å²) in [6, 6.07) is -0.238. The van der Waals surface area contributed by atoms with Gasteiger partial charge < -0.3 is 5.11 Å². The van der Waals surface area contributed by atoms with E-state index in [1.807, 2.05) is 6.92 Å². The van der Waals surface area contributed by atoms with Gasteiger partial charge in [-0.05, 0) is 32.4 Å². The number of hydrogen-bond acceptors (Lipinski definition) is 2. The number of carbonyl (C=O) groups is 1. The van der Waals surface area contributed by atoms with Crippen LogP contribution in [-0.2, 0) is 4.79 Å². The normalized spacial score (nSPS) is 21.9. The van der Waals surface area contributed by atoms with Gasteiger partial charge in [0, 0.05) is 0 Å². The fraction of sp³-hybridized carbons (Fsp3) is 0.875. The molecular formula is C8H15NO2. The number of aliphatic carboxylic acids is 1. The monoisotopic (exact) mass is 157 g/mol. The van der Waals surface area contributed by atoms with Crippen LogP contribution in [0.1, 0.15) is 26.2 Å². The van der Waals surface area contributed by atoms with Crippen molar-refractivity contribution < 1.29 is 9.90 Å². The van der Waals surface area contributed by atoms with E-state index in [-0.39, 0.29) is 6.04 Å². The summed E-state index contributed by atoms with van der Waals surface area (Å²) in [7, 11) is 0. The fourth-order valence-electron chi connectivity index (χ4n) is 1.64. The Hall–Kier alpha value is -0.570. The molecule has 1 heterocycles. The maximum absolute atomic E-state index is 10.7. The minimum absolute atomic E-state index is 0.238. The lowest BCUT2D eigenvalue weighted by molar-refractivity contribution is -0.143. The van der Waals surface area contributed by atoms with Crippen molar-refractivity contribution in [2.24, 2.45) is 0 Å². The molecule has 1 fully saturated rings. The van der Waals surface area contributed by atoms with Gasteiger partial charge >= 0.3 is 5.97 Å². The van der Waals surface area contributed by atoms with Crippen molar-refractivity contribution in [3.8, 4) is 0 Å². The Bertz CT molecular complexity index is 141. The average Bonchev–Trinajstić information content (AvgIpc) is 2.40. The van der Waals surface area contributed by atoms with E-state index < -0.39 is 5.97 Å². The van der Waals surface area contributed by atoms with Gasteiger partial charge in [-0.2, -0.15) is 0 Å². The van der Waals surface area contributed by atoms with Crippen LogP contribution in [0.4, 0.5) is 0 Å². The third kappa shape index (κ3) is 1.93. The number of carboxylic acid groups (broad SMARTS) is 1. The Labute approximate surface area is 67.0 Å². The molecule has 3 heteroatoms. The van der Waals surface area contributed by atoms with Gasteiger partial charge in [-0.25, -0.2) is 0 Å². The van der Waals surface area contributed by atoms with E-state index >= 15 is 0 Å². The highest BCUT2D eigenvalue weighted by molar-refractivity contribution is 5.73. The van der Waals surface area contributed by atoms with Crippen LogP contribution in [-0.4, -0.2) is 35.1 Å². The first-order chi connectivity index (χ1) is 5.25. The molecule has 0 aliphatic carbocycles. The number of carboxylic acids is 1. The van der Waals surface area contributed by atoms with E-state index in [9.17, 15) is 4.79 Å². The van der Waals surface area contributed by atoms with Gasteiger partial charge in [0.15, 0.2) is 0 Å². The first-order valence-electron chi connectivity index (χ1n) is 4.22. The van der Waals surface area contributed by atoms with E-state index in [1.54, 1.807) is 0 Å². The summed E-state index contributed by atoms with van der Waals surface area (Å²) >= 11 is 0. The zero-order chi connectivity index (χ0) is 8.27. The standard InChI is InChI=1S/C8H15NO2/c1-2-7(8(10)11)9-5-3-4-6-9/h7H,2-6H2,1H3,(H,10,11). The smallest absolute Gasteiger partial charge is 0.320 e. The molecule has 11 heavy (non-hydrogen) atoms. The first-order valence-corrected chi connectivity index (χ1v) is 4.22. The van der Waals surface area contributed by atoms with Crippen molar-refractivity contribution in [3.63, 3.8) is 0 Å². The predicted molar refractivity (Wildman–Crippen MR) is 42.5 cm³/mol. The largest absolute Gasteiger partial charge is 0.480 e. The molecule has 0 spiro atoms. The quantitative estimate of drug-likeness (QED) is 0.663. The minimum atomic E-state index is -0.672. The lowest BCUT2D eigenvalue weighted by Crippen LogP contribution is -2.38. The number of rotatable bonds is 3. The zero-order valence-corrected chi connectivity index (χ0v) is 6.92. The molecule has 0 bridgehead atoms. The van der Waals surface area contributed by atoms with Crippen LogP contribution in [0.5, 0.6) is 0 Å². The van der Waals surface area contributed by atoms with E-state index in [1.165, 1.54) is 0 Å². The number of hydrogen-bond donors (Lipinski definition) is 1. The van der Waals surface area contributed by atoms with Gasteiger partial charge in [0.1, 0.15) is 6.04 Å². The van der Waals surface area contributed by atoms with Crippen LogP contribution in [0.2, 0.25) is 0 Å². The molecule has 1 aliphatic rings. The predicted octanol–water partition coefficient (Wildman–Crippen LogP) is 0.945. The summed E-state index contributed by atoms with van der Waals surface area (Å²) in [5.74, 6) is -0.672. The van der Waals surface area contributed by atoms with Crippen molar-refractivity contribution in [3.05, 3.63) is 0 Å². The summed E-state index contributed by atoms with van der Waals surface area (Å²) in [6.45, 7) is 3.85. The van der Waals surface area contributed by atoms with Gasteiger partial charge in [-0.1, -0.05) is 6.92 Å². The summed E-state index contributed by atoms with van der Waals surface area (Å²) in [5.41, 5.74) is 0. The molecular weight excluding hydrogens is 142 g/mol. The van der Waals surface area contributed by atoms with E-state index in [0.29, 0.717) is 0 Å². The average molecular weight is 157 g/mol. The molecule has 1 N–H and O–H groups in total. The van der Waals surface area contributed by atoms with Crippen molar-refractivity contribution >= 4 is 5.97 Å². The van der Waals surface area contributed by atoms with Gasteiger partial charge in [-0.15, -0.1) is 0 Å². The summed E-state index contributed by atoms with van der Waals surface area (Å²) in [5, 5.41) is 8.79. The highest BCUT2D eigenvalue weighted by atomic mass is 16.4. The summed E-state index contributed by atoms with van der Waals surface area (Å²) < 4.78 is 0. The summed E-state index contributed by atoms with van der Waals surface area (Å²) in [4.78, 5) is 12.7. The second-order valence-corrected chi connectivity index (χ2v) is 3.01. The number of nitrogens with zero attached hydrogens (tertiary/aromatic N) is 1. The Morgan fingerprint density at radius 1 is 1.55 bits per heavy atom. The lowest BCUT2D eigenvalue weighted by atomic mass is 10.2. The SMILES string of the molecule is CCC(C(=O)O)N1CCCC1. The Balaban J connectivity index is 2.46. The van der Waals surface area contributed by atoms with Crippen LogP contribution in [0, 0.1) is 0 Å². The zero-order valence-electron chi connectivity index (χ0n) is 6.92. The van der Waals surface area contributed by atoms with E-state index in [2.05, 4.69) is 4.90 Å². The molecule has 1 unspecified atom stereocenters. The third-order valence-electron chi connectivity index (χ3n) is 2.25. The van der Waals surface area contributed by atoms with Crippen molar-refractivity contribution in [1.82, 2.24) is 4.90 Å². The Kier molecular flexibility index (Phi) is 2.88. The molecule has 3 nitrogen and oxygen atoms in total. The van der Waals surface area contributed by atoms with Crippen LogP contribution >= 0.6 is 0 Å². The minimum Gasteiger partial charge on any atom is -0.480 e. The van der Waals surface area contributed by atoms with Crippen LogP contribution in [0.15, 0.2) is 0 Å². The third-order valence-corrected chi connectivity index (χ3v) is 2.25. The molecule has 0 saturated carbocycles. The second kappa shape index (κ2) is 3.72. The van der Waals surface area contributed by atoms with Gasteiger partial charge in [-0.3, -0.25) is 9.69 Å². The maximum atomic E-state index is 10.7. The fourth-order valence-corrected chi connectivity index (χ4v) is 1.64. The van der Waals surface area contributed by atoms with Gasteiger partial charge in [0.2, 0.25) is 0 Å². The number of likely N-dealkylation sites (tertiary alicyclic amines) is 1. The molecule has 1 saturated heterocycles. The lowest BCUT2D eigenvalue weighted by Gasteiger charge is -2.21. The molecule has 64 valence electrons. The summed E-state index contributed by atoms with van der Waals surface area (Å²) in [6.07, 6.45) is 3.03. The molecule has 0 radical (unpaired) electrons. The molecule has 0 aromatic heterocycles. The molecule has 0 amide bonds. The highest BCUT2D eigenvalue weighted by Gasteiger charge is 2.25. The van der Waals surface area contributed by atoms with Crippen molar-refractivity contribution in [2.45, 2.75) is 32.2 Å². The van der Waals surface area contributed by atoms with E-state index in [4.69, 9.17) is 5.11 Å². The van der Waals surface area contributed by atoms with Crippen molar-refractivity contribution in [1.29, 1.82) is 0 Å². The second-order valence-electron chi connectivity index (χ2n) is 3.01. The molecule has 0 aromatic carbocycles. The van der Waals surface area contributed by atoms with Crippen molar-refractivity contribution in [2.75, 3.05) is 13.1 Å². The van der Waals surface area contributed by atoms with Gasteiger partial charge in [0.05, 0.1) is 0 Å². The topological polar surface area (TPSA) is 40.5 Å². The maximum Gasteiger partial charge on any atom is 0.320 e. The molecule has 1 rings (SSSR count). The van der Waals surface area contributed by atoms with Gasteiger partial charge in [0.25, 0.3) is 0 Å². The first kappa shape index (κ1) is 8.53. The highest BCUT2D eigenvalue weighted by Crippen LogP contribution is 2.13. The molecule has 1 aliphatic heterocycles. The van der Waals surface area contributed by atoms with Crippen LogP contribution in [0.25, 0.3) is 0 Å². The Morgan fingerprint density at radius 2 is 2.09 bits per heavy atom. The Morgan fingerprint density at radius 3 is 2.45 bits per heavy atom. The molecule has 0 aromatic rings. The van der Waals surface area contributed by atoms with E-state index in [0.717, 1.165) is 32.4 Å². The van der Waals surface area contributed by atoms with Crippen LogP contribution < -0.4 is 0 Å². The molecule has 1 atom stereocenters. The van der Waals surface area contributed by atoms with Crippen LogP contribution in [0.3, 0.4) is 0 Å².